The number of urea groups is 1. The highest BCUT2D eigenvalue weighted by Gasteiger charge is 2.32. The molecule has 0 unspecified atom stereocenters. The lowest BCUT2D eigenvalue weighted by Gasteiger charge is -2.19. The Labute approximate surface area is 175 Å². The molecule has 2 amide bonds. The van der Waals surface area contributed by atoms with Crippen LogP contribution in [0.2, 0.25) is 5.02 Å². The van der Waals surface area contributed by atoms with E-state index in [0.29, 0.717) is 11.6 Å². The molecule has 0 saturated carbocycles. The van der Waals surface area contributed by atoms with Crippen molar-refractivity contribution in [1.82, 2.24) is 10.3 Å². The summed E-state index contributed by atoms with van der Waals surface area (Å²) >= 11 is 6.05. The number of nitrogens with one attached hydrogen (secondary N) is 1. The summed E-state index contributed by atoms with van der Waals surface area (Å²) in [6.07, 6.45) is 0. The van der Waals surface area contributed by atoms with Gasteiger partial charge in [-0.2, -0.15) is 5.10 Å². The SMILES string of the molecule is C[C@@H](NC(=O)N1C[C@H](c2ccccc2)C(c2ccc(Cl)cc2)=N1)c1ccccc1. The fourth-order valence-corrected chi connectivity index (χ4v) is 3.67. The molecule has 1 aliphatic rings. The van der Waals surface area contributed by atoms with E-state index >= 15 is 0 Å². The Kier molecular flexibility index (Phi) is 5.63. The minimum atomic E-state index is -0.203. The van der Waals surface area contributed by atoms with Crippen LogP contribution in [0.1, 0.15) is 35.6 Å². The van der Waals surface area contributed by atoms with Gasteiger partial charge in [0, 0.05) is 10.9 Å². The van der Waals surface area contributed by atoms with Gasteiger partial charge in [-0.05, 0) is 35.7 Å². The van der Waals surface area contributed by atoms with Crippen molar-refractivity contribution < 1.29 is 4.79 Å². The molecule has 29 heavy (non-hydrogen) atoms. The van der Waals surface area contributed by atoms with Crippen molar-refractivity contribution in [3.05, 3.63) is 107 Å². The molecule has 3 aromatic carbocycles. The third kappa shape index (κ3) is 4.33. The Morgan fingerprint density at radius 2 is 1.62 bits per heavy atom. The van der Waals surface area contributed by atoms with Gasteiger partial charge in [-0.15, -0.1) is 0 Å². The monoisotopic (exact) mass is 403 g/mol. The lowest BCUT2D eigenvalue weighted by atomic mass is 9.91. The largest absolute Gasteiger partial charge is 0.338 e. The first-order valence-electron chi connectivity index (χ1n) is 9.64. The average Bonchev–Trinajstić information content (AvgIpc) is 3.21. The summed E-state index contributed by atoms with van der Waals surface area (Å²) in [7, 11) is 0. The van der Waals surface area contributed by atoms with Crippen molar-refractivity contribution in [2.24, 2.45) is 5.10 Å². The van der Waals surface area contributed by atoms with E-state index < -0.39 is 0 Å². The van der Waals surface area contributed by atoms with E-state index in [4.69, 9.17) is 11.6 Å². The number of carbonyl (C=O) groups is 1. The quantitative estimate of drug-likeness (QED) is 0.604. The molecule has 0 saturated heterocycles. The van der Waals surface area contributed by atoms with E-state index in [1.54, 1.807) is 0 Å². The highest BCUT2D eigenvalue weighted by molar-refractivity contribution is 6.30. The molecule has 0 aliphatic carbocycles. The number of benzene rings is 3. The molecule has 1 N–H and O–H groups in total. The minimum Gasteiger partial charge on any atom is -0.330 e. The molecule has 0 spiro atoms. The average molecular weight is 404 g/mol. The number of nitrogens with zero attached hydrogens (tertiary/aromatic N) is 2. The van der Waals surface area contributed by atoms with Crippen LogP contribution in [0.25, 0.3) is 0 Å². The van der Waals surface area contributed by atoms with Crippen molar-refractivity contribution in [3.8, 4) is 0 Å². The predicted octanol–water partition coefficient (Wildman–Crippen LogP) is 5.61. The molecular formula is C24H22ClN3O. The number of hydrogen-bond acceptors (Lipinski definition) is 2. The van der Waals surface area contributed by atoms with E-state index in [1.165, 1.54) is 5.01 Å². The summed E-state index contributed by atoms with van der Waals surface area (Å²) < 4.78 is 0. The summed E-state index contributed by atoms with van der Waals surface area (Å²) in [5.74, 6) is 0.00940. The van der Waals surface area contributed by atoms with Gasteiger partial charge < -0.3 is 5.32 Å². The normalized spacial score (nSPS) is 17.0. The second kappa shape index (κ2) is 8.50. The van der Waals surface area contributed by atoms with Gasteiger partial charge in [0.25, 0.3) is 0 Å². The molecular weight excluding hydrogens is 382 g/mol. The molecule has 4 rings (SSSR count). The molecule has 0 fully saturated rings. The maximum atomic E-state index is 12.9. The van der Waals surface area contributed by atoms with Crippen LogP contribution in [-0.2, 0) is 0 Å². The molecule has 3 aromatic rings. The molecule has 5 heteroatoms. The van der Waals surface area contributed by atoms with Crippen molar-refractivity contribution in [1.29, 1.82) is 0 Å². The zero-order chi connectivity index (χ0) is 20.2. The molecule has 0 bridgehead atoms. The fourth-order valence-electron chi connectivity index (χ4n) is 3.54. The van der Waals surface area contributed by atoms with Crippen LogP contribution in [0.3, 0.4) is 0 Å². The first kappa shape index (κ1) is 19.2. The van der Waals surface area contributed by atoms with E-state index in [2.05, 4.69) is 22.6 Å². The number of rotatable bonds is 4. The van der Waals surface area contributed by atoms with Crippen LogP contribution in [0, 0.1) is 0 Å². The summed E-state index contributed by atoms with van der Waals surface area (Å²) in [6, 6.07) is 27.4. The molecule has 1 heterocycles. The second-order valence-corrected chi connectivity index (χ2v) is 7.56. The zero-order valence-electron chi connectivity index (χ0n) is 16.1. The lowest BCUT2D eigenvalue weighted by molar-refractivity contribution is 0.200. The molecule has 0 radical (unpaired) electrons. The summed E-state index contributed by atoms with van der Waals surface area (Å²) in [5.41, 5.74) is 4.03. The summed E-state index contributed by atoms with van der Waals surface area (Å²) in [6.45, 7) is 2.47. The van der Waals surface area contributed by atoms with Crippen LogP contribution in [0.5, 0.6) is 0 Å². The van der Waals surface area contributed by atoms with Crippen molar-refractivity contribution in [3.63, 3.8) is 0 Å². The third-order valence-electron chi connectivity index (χ3n) is 5.13. The lowest BCUT2D eigenvalue weighted by Crippen LogP contribution is -2.37. The van der Waals surface area contributed by atoms with E-state index in [-0.39, 0.29) is 18.0 Å². The van der Waals surface area contributed by atoms with Crippen LogP contribution < -0.4 is 5.32 Å². The van der Waals surface area contributed by atoms with Gasteiger partial charge in [0.1, 0.15) is 0 Å². The van der Waals surface area contributed by atoms with Gasteiger partial charge in [-0.25, -0.2) is 9.80 Å². The van der Waals surface area contributed by atoms with Gasteiger partial charge in [-0.1, -0.05) is 84.4 Å². The first-order chi connectivity index (χ1) is 14.1. The van der Waals surface area contributed by atoms with Crippen molar-refractivity contribution in [2.75, 3.05) is 6.54 Å². The number of amides is 2. The Balaban J connectivity index is 1.59. The fraction of sp³-hybridized carbons (Fsp3) is 0.167. The molecule has 146 valence electrons. The van der Waals surface area contributed by atoms with Gasteiger partial charge in [0.15, 0.2) is 0 Å². The third-order valence-corrected chi connectivity index (χ3v) is 5.38. The smallest absolute Gasteiger partial charge is 0.330 e. The number of hydrazone groups is 1. The maximum Gasteiger partial charge on any atom is 0.338 e. The van der Waals surface area contributed by atoms with Crippen molar-refractivity contribution in [2.45, 2.75) is 18.9 Å². The maximum absolute atomic E-state index is 12.9. The Morgan fingerprint density at radius 1 is 1.00 bits per heavy atom. The molecule has 0 aromatic heterocycles. The van der Waals surface area contributed by atoms with Gasteiger partial charge in [0.05, 0.1) is 18.3 Å². The second-order valence-electron chi connectivity index (χ2n) is 7.12. The van der Waals surface area contributed by atoms with Gasteiger partial charge in [0.2, 0.25) is 0 Å². The summed E-state index contributed by atoms with van der Waals surface area (Å²) in [5, 5.41) is 9.94. The van der Waals surface area contributed by atoms with Crippen LogP contribution in [0.4, 0.5) is 4.79 Å². The van der Waals surface area contributed by atoms with E-state index in [1.807, 2.05) is 79.7 Å². The molecule has 2 atom stereocenters. The van der Waals surface area contributed by atoms with Crippen LogP contribution in [-0.4, -0.2) is 23.3 Å². The van der Waals surface area contributed by atoms with Gasteiger partial charge >= 0.3 is 6.03 Å². The molecule has 1 aliphatic heterocycles. The first-order valence-corrected chi connectivity index (χ1v) is 10.0. The van der Waals surface area contributed by atoms with Crippen LogP contribution >= 0.6 is 11.6 Å². The highest BCUT2D eigenvalue weighted by atomic mass is 35.5. The Morgan fingerprint density at radius 3 is 2.28 bits per heavy atom. The van der Waals surface area contributed by atoms with Gasteiger partial charge in [-0.3, -0.25) is 0 Å². The topological polar surface area (TPSA) is 44.7 Å². The number of hydrogen-bond donors (Lipinski definition) is 1. The predicted molar refractivity (Wildman–Crippen MR) is 117 cm³/mol. The Hall–Kier alpha value is -3.11. The summed E-state index contributed by atoms with van der Waals surface area (Å²) in [4.78, 5) is 12.9. The Bertz CT molecular complexity index is 1000. The highest BCUT2D eigenvalue weighted by Crippen LogP contribution is 2.29. The number of halogens is 1. The van der Waals surface area contributed by atoms with Crippen LogP contribution in [0.15, 0.2) is 90.0 Å². The standard InChI is InChI=1S/C24H22ClN3O/c1-17(18-8-4-2-5-9-18)26-24(29)28-16-22(19-10-6-3-7-11-19)23(27-28)20-12-14-21(25)15-13-20/h2-15,17,22H,16H2,1H3,(H,26,29)/t17-,22-/m1/s1. The van der Waals surface area contributed by atoms with E-state index in [0.717, 1.165) is 22.4 Å². The van der Waals surface area contributed by atoms with E-state index in [9.17, 15) is 4.79 Å². The van der Waals surface area contributed by atoms with Crippen molar-refractivity contribution >= 4 is 23.3 Å². The minimum absolute atomic E-state index is 0.00940. The zero-order valence-corrected chi connectivity index (χ0v) is 16.9. The molecule has 4 nitrogen and oxygen atoms in total. The number of carbonyl (C=O) groups excluding carboxylic acids is 1.